The molecule has 0 aliphatic rings. The molecule has 0 bridgehead atoms. The molecule has 0 saturated heterocycles. The molecule has 90 valence electrons. The zero-order valence-electron chi connectivity index (χ0n) is 10.0. The highest BCUT2D eigenvalue weighted by Gasteiger charge is 2.13. The summed E-state index contributed by atoms with van der Waals surface area (Å²) in [7, 11) is 0. The van der Waals surface area contributed by atoms with Crippen LogP contribution in [0.15, 0.2) is 15.9 Å². The third kappa shape index (κ3) is 2.44. The lowest BCUT2D eigenvalue weighted by Gasteiger charge is -2.08. The van der Waals surface area contributed by atoms with Gasteiger partial charge in [0, 0.05) is 5.56 Å². The molecule has 0 atom stereocenters. The number of hydrogen-bond donors (Lipinski definition) is 1. The van der Waals surface area contributed by atoms with Crippen LogP contribution >= 0.6 is 27.3 Å². The molecule has 1 aromatic carbocycles. The summed E-state index contributed by atoms with van der Waals surface area (Å²) in [5, 5.41) is 10.1. The third-order valence-corrected chi connectivity index (χ3v) is 4.54. The molecular weight excluding hydrogens is 298 g/mol. The SMILES string of the molecule is Cc1cc(C)c(-c2nc(CO)c(Br)s2)c(C)c1. The van der Waals surface area contributed by atoms with E-state index in [-0.39, 0.29) is 6.61 Å². The minimum atomic E-state index is -0.0267. The van der Waals surface area contributed by atoms with Gasteiger partial charge in [-0.05, 0) is 47.8 Å². The molecule has 17 heavy (non-hydrogen) atoms. The summed E-state index contributed by atoms with van der Waals surface area (Å²) in [6.07, 6.45) is 0. The Balaban J connectivity index is 2.60. The van der Waals surface area contributed by atoms with Crippen molar-refractivity contribution in [3.8, 4) is 10.6 Å². The topological polar surface area (TPSA) is 33.1 Å². The van der Waals surface area contributed by atoms with Gasteiger partial charge < -0.3 is 5.11 Å². The van der Waals surface area contributed by atoms with Gasteiger partial charge in [-0.2, -0.15) is 0 Å². The molecule has 1 aromatic heterocycles. The van der Waals surface area contributed by atoms with E-state index in [2.05, 4.69) is 53.8 Å². The fourth-order valence-electron chi connectivity index (χ4n) is 2.05. The monoisotopic (exact) mass is 311 g/mol. The summed E-state index contributed by atoms with van der Waals surface area (Å²) >= 11 is 5.01. The molecule has 1 heterocycles. The van der Waals surface area contributed by atoms with Gasteiger partial charge in [-0.25, -0.2) is 4.98 Å². The highest BCUT2D eigenvalue weighted by molar-refractivity contribution is 9.11. The molecule has 0 amide bonds. The molecule has 0 fully saturated rings. The Labute approximate surface area is 113 Å². The number of rotatable bonds is 2. The van der Waals surface area contributed by atoms with E-state index in [1.807, 2.05) is 0 Å². The normalized spacial score (nSPS) is 10.9. The molecule has 0 saturated carbocycles. The maximum atomic E-state index is 9.18. The van der Waals surface area contributed by atoms with Crippen LogP contribution in [0.2, 0.25) is 0 Å². The van der Waals surface area contributed by atoms with Crippen LogP contribution in [0, 0.1) is 20.8 Å². The van der Waals surface area contributed by atoms with E-state index in [9.17, 15) is 5.11 Å². The predicted molar refractivity (Wildman–Crippen MR) is 75.4 cm³/mol. The second-order valence-electron chi connectivity index (χ2n) is 4.17. The molecule has 0 radical (unpaired) electrons. The maximum Gasteiger partial charge on any atom is 0.125 e. The van der Waals surface area contributed by atoms with E-state index in [1.165, 1.54) is 22.3 Å². The molecule has 0 unspecified atom stereocenters. The average Bonchev–Trinajstić information content (AvgIpc) is 2.57. The Kier molecular flexibility index (Phi) is 3.66. The van der Waals surface area contributed by atoms with E-state index < -0.39 is 0 Å². The number of aromatic nitrogens is 1. The molecule has 0 aliphatic carbocycles. The lowest BCUT2D eigenvalue weighted by molar-refractivity contribution is 0.277. The van der Waals surface area contributed by atoms with Gasteiger partial charge in [-0.1, -0.05) is 17.7 Å². The first-order valence-electron chi connectivity index (χ1n) is 5.37. The van der Waals surface area contributed by atoms with Crippen LogP contribution in [0.25, 0.3) is 10.6 Å². The Hall–Kier alpha value is -0.710. The fourth-order valence-corrected chi connectivity index (χ4v) is 3.71. The Morgan fingerprint density at radius 1 is 1.24 bits per heavy atom. The number of benzene rings is 1. The maximum absolute atomic E-state index is 9.18. The van der Waals surface area contributed by atoms with Gasteiger partial charge in [0.25, 0.3) is 0 Å². The van der Waals surface area contributed by atoms with E-state index in [0.717, 1.165) is 8.79 Å². The number of thiazole rings is 1. The van der Waals surface area contributed by atoms with Crippen LogP contribution < -0.4 is 0 Å². The minimum absolute atomic E-state index is 0.0267. The standard InChI is InChI=1S/C13H14BrNOS/c1-7-4-8(2)11(9(3)5-7)13-15-10(6-16)12(14)17-13/h4-5,16H,6H2,1-3H3. The van der Waals surface area contributed by atoms with E-state index >= 15 is 0 Å². The van der Waals surface area contributed by atoms with Gasteiger partial charge in [0.05, 0.1) is 16.1 Å². The zero-order chi connectivity index (χ0) is 12.6. The lowest BCUT2D eigenvalue weighted by atomic mass is 10.0. The molecule has 2 aromatic rings. The van der Waals surface area contributed by atoms with E-state index in [0.29, 0.717) is 5.69 Å². The van der Waals surface area contributed by atoms with Crippen molar-refractivity contribution >= 4 is 27.3 Å². The van der Waals surface area contributed by atoms with Crippen molar-refractivity contribution in [2.45, 2.75) is 27.4 Å². The first-order valence-corrected chi connectivity index (χ1v) is 6.98. The van der Waals surface area contributed by atoms with E-state index in [1.54, 1.807) is 11.3 Å². The molecule has 0 spiro atoms. The van der Waals surface area contributed by atoms with Crippen molar-refractivity contribution in [1.29, 1.82) is 0 Å². The minimum Gasteiger partial charge on any atom is -0.390 e. The molecule has 0 aliphatic heterocycles. The van der Waals surface area contributed by atoms with Gasteiger partial charge in [-0.15, -0.1) is 11.3 Å². The highest BCUT2D eigenvalue weighted by atomic mass is 79.9. The van der Waals surface area contributed by atoms with Gasteiger partial charge in [0.2, 0.25) is 0 Å². The number of aliphatic hydroxyl groups is 1. The lowest BCUT2D eigenvalue weighted by Crippen LogP contribution is -1.90. The predicted octanol–water partition coefficient (Wildman–Crippen LogP) is 3.99. The molecule has 4 heteroatoms. The number of aliphatic hydroxyl groups excluding tert-OH is 1. The Morgan fingerprint density at radius 3 is 2.29 bits per heavy atom. The van der Waals surface area contributed by atoms with Crippen molar-refractivity contribution in [1.82, 2.24) is 4.98 Å². The number of aryl methyl sites for hydroxylation is 3. The van der Waals surface area contributed by atoms with Gasteiger partial charge in [0.15, 0.2) is 0 Å². The molecule has 2 nitrogen and oxygen atoms in total. The quantitative estimate of drug-likeness (QED) is 0.909. The average molecular weight is 312 g/mol. The van der Waals surface area contributed by atoms with Crippen molar-refractivity contribution in [3.05, 3.63) is 38.3 Å². The first-order chi connectivity index (χ1) is 8.02. The van der Waals surface area contributed by atoms with Crippen LogP contribution in [0.5, 0.6) is 0 Å². The largest absolute Gasteiger partial charge is 0.390 e. The second kappa shape index (κ2) is 4.88. The van der Waals surface area contributed by atoms with Gasteiger partial charge in [0.1, 0.15) is 5.01 Å². The summed E-state index contributed by atoms with van der Waals surface area (Å²) in [5.41, 5.74) is 5.62. The Morgan fingerprint density at radius 2 is 1.82 bits per heavy atom. The second-order valence-corrected chi connectivity index (χ2v) is 6.49. The van der Waals surface area contributed by atoms with Crippen molar-refractivity contribution in [3.63, 3.8) is 0 Å². The van der Waals surface area contributed by atoms with Crippen molar-refractivity contribution in [2.75, 3.05) is 0 Å². The number of halogens is 1. The number of hydrogen-bond acceptors (Lipinski definition) is 3. The fraction of sp³-hybridized carbons (Fsp3) is 0.308. The summed E-state index contributed by atoms with van der Waals surface area (Å²) in [5.74, 6) is 0. The highest BCUT2D eigenvalue weighted by Crippen LogP contribution is 2.35. The van der Waals surface area contributed by atoms with Crippen LogP contribution in [-0.4, -0.2) is 10.1 Å². The van der Waals surface area contributed by atoms with Crippen molar-refractivity contribution in [2.24, 2.45) is 0 Å². The summed E-state index contributed by atoms with van der Waals surface area (Å²) in [6.45, 7) is 6.27. The summed E-state index contributed by atoms with van der Waals surface area (Å²) in [6, 6.07) is 4.33. The summed E-state index contributed by atoms with van der Waals surface area (Å²) in [4.78, 5) is 4.47. The molecular formula is C13H14BrNOS. The van der Waals surface area contributed by atoms with Gasteiger partial charge in [-0.3, -0.25) is 0 Å². The molecule has 2 rings (SSSR count). The van der Waals surface area contributed by atoms with Crippen LogP contribution in [0.4, 0.5) is 0 Å². The van der Waals surface area contributed by atoms with E-state index in [4.69, 9.17) is 0 Å². The third-order valence-electron chi connectivity index (χ3n) is 2.69. The van der Waals surface area contributed by atoms with Gasteiger partial charge >= 0.3 is 0 Å². The van der Waals surface area contributed by atoms with Crippen LogP contribution in [0.1, 0.15) is 22.4 Å². The Bertz CT molecular complexity index is 540. The van der Waals surface area contributed by atoms with Crippen LogP contribution in [0.3, 0.4) is 0 Å². The number of nitrogens with zero attached hydrogens (tertiary/aromatic N) is 1. The molecule has 1 N–H and O–H groups in total. The zero-order valence-corrected chi connectivity index (χ0v) is 12.4. The summed E-state index contributed by atoms with van der Waals surface area (Å²) < 4.78 is 0.911. The smallest absolute Gasteiger partial charge is 0.125 e. The first kappa shape index (κ1) is 12.7. The van der Waals surface area contributed by atoms with Crippen molar-refractivity contribution < 1.29 is 5.11 Å². The van der Waals surface area contributed by atoms with Crippen LogP contribution in [-0.2, 0) is 6.61 Å².